The van der Waals surface area contributed by atoms with Gasteiger partial charge in [0.15, 0.2) is 0 Å². The highest BCUT2D eigenvalue weighted by molar-refractivity contribution is 5.86. The fourth-order valence-electron chi connectivity index (χ4n) is 2.92. The Morgan fingerprint density at radius 3 is 2.09 bits per heavy atom. The van der Waals surface area contributed by atoms with Crippen molar-refractivity contribution in [2.75, 3.05) is 5.32 Å². The number of anilines is 1. The van der Waals surface area contributed by atoms with Crippen molar-refractivity contribution >= 4 is 28.9 Å². The van der Waals surface area contributed by atoms with Gasteiger partial charge >= 0.3 is 0 Å². The lowest BCUT2D eigenvalue weighted by Gasteiger charge is -2.18. The van der Waals surface area contributed by atoms with Gasteiger partial charge in [-0.25, -0.2) is 0 Å². The maximum Gasteiger partial charge on any atom is 0.0491 e. The molecule has 0 aliphatic carbocycles. The predicted molar refractivity (Wildman–Crippen MR) is 104 cm³/mol. The van der Waals surface area contributed by atoms with Gasteiger partial charge in [-0.05, 0) is 46.9 Å². The lowest BCUT2D eigenvalue weighted by atomic mass is 9.99. The van der Waals surface area contributed by atoms with Crippen molar-refractivity contribution in [2.24, 2.45) is 0 Å². The molecule has 3 rings (SSSR count). The molecule has 0 saturated heterocycles. The maximum absolute atomic E-state index is 3.62. The molecule has 0 radical (unpaired) electrons. The molecule has 0 spiro atoms. The highest BCUT2D eigenvalue weighted by Gasteiger charge is 2.09. The molecule has 1 unspecified atom stereocenters. The van der Waals surface area contributed by atoms with E-state index in [1.807, 2.05) is 0 Å². The summed E-state index contributed by atoms with van der Waals surface area (Å²) in [6, 6.07) is 24.1. The number of rotatable bonds is 4. The smallest absolute Gasteiger partial charge is 0.0491 e. The zero-order valence-electron chi connectivity index (χ0n) is 13.9. The molecular weight excluding hydrogens is 302 g/mol. The summed E-state index contributed by atoms with van der Waals surface area (Å²) < 4.78 is 0. The molecule has 3 aromatic carbocycles. The molecular formula is C21H24ClN. The van der Waals surface area contributed by atoms with Gasteiger partial charge in [-0.1, -0.05) is 68.4 Å². The molecule has 120 valence electrons. The Morgan fingerprint density at radius 1 is 0.739 bits per heavy atom. The Balaban J connectivity index is 0.00000192. The first-order valence-corrected chi connectivity index (χ1v) is 7.99. The van der Waals surface area contributed by atoms with Crippen molar-refractivity contribution in [3.8, 4) is 0 Å². The molecule has 0 aromatic heterocycles. The molecule has 0 fully saturated rings. The quantitative estimate of drug-likeness (QED) is 0.573. The average molecular weight is 326 g/mol. The molecule has 0 bridgehead atoms. The minimum absolute atomic E-state index is 0. The van der Waals surface area contributed by atoms with Crippen LogP contribution in [0.4, 0.5) is 5.69 Å². The minimum Gasteiger partial charge on any atom is -0.378 e. The van der Waals surface area contributed by atoms with E-state index >= 15 is 0 Å². The molecule has 1 N–H and O–H groups in total. The van der Waals surface area contributed by atoms with Gasteiger partial charge in [0.1, 0.15) is 0 Å². The first-order chi connectivity index (χ1) is 10.6. The van der Waals surface area contributed by atoms with E-state index in [9.17, 15) is 0 Å². The third-order valence-electron chi connectivity index (χ3n) is 4.25. The molecule has 0 aliphatic heterocycles. The monoisotopic (exact) mass is 325 g/mol. The summed E-state index contributed by atoms with van der Waals surface area (Å²) >= 11 is 0. The lowest BCUT2D eigenvalue weighted by Crippen LogP contribution is -2.07. The van der Waals surface area contributed by atoms with E-state index in [1.165, 1.54) is 27.6 Å². The zero-order valence-corrected chi connectivity index (χ0v) is 14.7. The van der Waals surface area contributed by atoms with E-state index in [0.29, 0.717) is 5.92 Å². The summed E-state index contributed by atoms with van der Waals surface area (Å²) in [5.41, 5.74) is 3.89. The first-order valence-electron chi connectivity index (χ1n) is 7.99. The van der Waals surface area contributed by atoms with E-state index < -0.39 is 0 Å². The Morgan fingerprint density at radius 2 is 1.39 bits per heavy atom. The molecule has 0 aliphatic rings. The summed E-state index contributed by atoms with van der Waals surface area (Å²) in [6.07, 6.45) is 0. The SMILES string of the molecule is CC(C)c1ccc(NC(C)c2cccc3ccccc23)cc1.Cl. The van der Waals surface area contributed by atoms with Crippen LogP contribution in [0.25, 0.3) is 10.8 Å². The molecule has 23 heavy (non-hydrogen) atoms. The number of hydrogen-bond donors (Lipinski definition) is 1. The normalized spacial score (nSPS) is 12.0. The van der Waals surface area contributed by atoms with Crippen LogP contribution >= 0.6 is 12.4 Å². The molecule has 0 heterocycles. The number of hydrogen-bond acceptors (Lipinski definition) is 1. The third-order valence-corrected chi connectivity index (χ3v) is 4.25. The Bertz CT molecular complexity index is 757. The van der Waals surface area contributed by atoms with E-state index in [-0.39, 0.29) is 18.4 Å². The second-order valence-corrected chi connectivity index (χ2v) is 6.21. The van der Waals surface area contributed by atoms with Crippen LogP contribution in [0.1, 0.15) is 43.9 Å². The largest absolute Gasteiger partial charge is 0.378 e. The number of benzene rings is 3. The summed E-state index contributed by atoms with van der Waals surface area (Å²) in [5, 5.41) is 6.23. The minimum atomic E-state index is 0. The summed E-state index contributed by atoms with van der Waals surface area (Å²) in [4.78, 5) is 0. The summed E-state index contributed by atoms with van der Waals surface area (Å²) in [6.45, 7) is 6.67. The van der Waals surface area contributed by atoms with Gasteiger partial charge in [0.25, 0.3) is 0 Å². The lowest BCUT2D eigenvalue weighted by molar-refractivity contribution is 0.864. The Kier molecular flexibility index (Phi) is 5.68. The van der Waals surface area contributed by atoms with Crippen LogP contribution in [0.2, 0.25) is 0 Å². The maximum atomic E-state index is 3.62. The highest BCUT2D eigenvalue weighted by atomic mass is 35.5. The fraction of sp³-hybridized carbons (Fsp3) is 0.238. The van der Waals surface area contributed by atoms with Crippen molar-refractivity contribution in [3.63, 3.8) is 0 Å². The predicted octanol–water partition coefficient (Wildman–Crippen LogP) is 6.56. The van der Waals surface area contributed by atoms with Gasteiger partial charge in [0.05, 0.1) is 0 Å². The summed E-state index contributed by atoms with van der Waals surface area (Å²) in [7, 11) is 0. The Hall–Kier alpha value is -1.99. The third kappa shape index (κ3) is 3.86. The van der Waals surface area contributed by atoms with Crippen LogP contribution in [0.3, 0.4) is 0 Å². The van der Waals surface area contributed by atoms with E-state index in [0.717, 1.165) is 0 Å². The van der Waals surface area contributed by atoms with Crippen LogP contribution < -0.4 is 5.32 Å². The molecule has 1 atom stereocenters. The van der Waals surface area contributed by atoms with Crippen LogP contribution in [-0.2, 0) is 0 Å². The molecule has 0 saturated carbocycles. The van der Waals surface area contributed by atoms with Crippen molar-refractivity contribution in [2.45, 2.75) is 32.7 Å². The fourth-order valence-corrected chi connectivity index (χ4v) is 2.92. The first kappa shape index (κ1) is 17.4. The molecule has 2 heteroatoms. The molecule has 1 nitrogen and oxygen atoms in total. The number of halogens is 1. The second-order valence-electron chi connectivity index (χ2n) is 6.21. The van der Waals surface area contributed by atoms with Gasteiger partial charge in [0.2, 0.25) is 0 Å². The van der Waals surface area contributed by atoms with Crippen LogP contribution in [0, 0.1) is 0 Å². The van der Waals surface area contributed by atoms with Gasteiger partial charge in [0, 0.05) is 11.7 Å². The van der Waals surface area contributed by atoms with Gasteiger partial charge in [-0.2, -0.15) is 0 Å². The summed E-state index contributed by atoms with van der Waals surface area (Å²) in [5.74, 6) is 0.574. The topological polar surface area (TPSA) is 12.0 Å². The van der Waals surface area contributed by atoms with Crippen molar-refractivity contribution < 1.29 is 0 Å². The van der Waals surface area contributed by atoms with Crippen molar-refractivity contribution in [3.05, 3.63) is 77.9 Å². The van der Waals surface area contributed by atoms with Crippen molar-refractivity contribution in [1.29, 1.82) is 0 Å². The van der Waals surface area contributed by atoms with Crippen LogP contribution in [-0.4, -0.2) is 0 Å². The Labute approximate surface area is 145 Å². The average Bonchev–Trinajstić information content (AvgIpc) is 2.54. The molecule has 0 amide bonds. The second kappa shape index (κ2) is 7.52. The van der Waals surface area contributed by atoms with Gasteiger partial charge in [-0.3, -0.25) is 0 Å². The molecule has 3 aromatic rings. The van der Waals surface area contributed by atoms with Gasteiger partial charge < -0.3 is 5.32 Å². The van der Waals surface area contributed by atoms with Crippen LogP contribution in [0.15, 0.2) is 66.7 Å². The highest BCUT2D eigenvalue weighted by Crippen LogP contribution is 2.27. The zero-order chi connectivity index (χ0) is 15.5. The standard InChI is InChI=1S/C21H23N.ClH/c1-15(2)17-11-13-19(14-12-17)22-16(3)20-10-6-8-18-7-4-5-9-21(18)20;/h4-16,22H,1-3H3;1H. The number of nitrogens with one attached hydrogen (secondary N) is 1. The van der Waals surface area contributed by atoms with E-state index in [2.05, 4.69) is 92.8 Å². The van der Waals surface area contributed by atoms with Gasteiger partial charge in [-0.15, -0.1) is 12.4 Å². The van der Waals surface area contributed by atoms with E-state index in [1.54, 1.807) is 0 Å². The van der Waals surface area contributed by atoms with Crippen LogP contribution in [0.5, 0.6) is 0 Å². The van der Waals surface area contributed by atoms with Crippen molar-refractivity contribution in [1.82, 2.24) is 0 Å². The number of fused-ring (bicyclic) bond motifs is 1. The van der Waals surface area contributed by atoms with E-state index in [4.69, 9.17) is 0 Å².